The van der Waals surface area contributed by atoms with Crippen molar-refractivity contribution in [1.82, 2.24) is 14.9 Å². The molecule has 0 aliphatic carbocycles. The van der Waals surface area contributed by atoms with Gasteiger partial charge in [-0.3, -0.25) is 4.98 Å². The van der Waals surface area contributed by atoms with Gasteiger partial charge in [0, 0.05) is 43.8 Å². The van der Waals surface area contributed by atoms with E-state index in [1.807, 2.05) is 56.1 Å². The molecule has 138 valence electrons. The number of aryl methyl sites for hydroxylation is 2. The topological polar surface area (TPSA) is 70.8 Å². The zero-order valence-electron chi connectivity index (χ0n) is 15.6. The molecule has 27 heavy (non-hydrogen) atoms. The molecule has 2 aromatic heterocycles. The highest BCUT2D eigenvalue weighted by Gasteiger charge is 2.12. The van der Waals surface area contributed by atoms with Crippen LogP contribution in [0.15, 0.2) is 66.2 Å². The first-order valence-corrected chi connectivity index (χ1v) is 8.60. The van der Waals surface area contributed by atoms with Crippen molar-refractivity contribution in [3.05, 3.63) is 83.3 Å². The van der Waals surface area contributed by atoms with Crippen LogP contribution in [0.5, 0.6) is 11.6 Å². The lowest BCUT2D eigenvalue weighted by atomic mass is 10.1. The van der Waals surface area contributed by atoms with Crippen molar-refractivity contribution in [2.75, 3.05) is 7.05 Å². The zero-order chi connectivity index (χ0) is 19.2. The molecule has 1 aromatic carbocycles. The van der Waals surface area contributed by atoms with Gasteiger partial charge >= 0.3 is 0 Å². The predicted octanol–water partition coefficient (Wildman–Crippen LogP) is 4.15. The van der Waals surface area contributed by atoms with Crippen LogP contribution in [0.4, 0.5) is 0 Å². The number of amidine groups is 1. The van der Waals surface area contributed by atoms with Crippen molar-refractivity contribution in [1.29, 1.82) is 0 Å². The van der Waals surface area contributed by atoms with Gasteiger partial charge in [-0.05, 0) is 54.8 Å². The molecule has 0 aliphatic rings. The van der Waals surface area contributed by atoms with Crippen LogP contribution in [0, 0.1) is 13.8 Å². The fraction of sp³-hybridized carbons (Fsp3) is 0.190. The minimum absolute atomic E-state index is 0.421. The van der Waals surface area contributed by atoms with Crippen LogP contribution in [0.3, 0.4) is 0 Å². The minimum Gasteiger partial charge on any atom is -0.439 e. The van der Waals surface area contributed by atoms with Gasteiger partial charge in [0.1, 0.15) is 5.75 Å². The number of rotatable bonds is 5. The molecule has 0 saturated heterocycles. The summed E-state index contributed by atoms with van der Waals surface area (Å²) in [7, 11) is 1.85. The third-order valence-electron chi connectivity index (χ3n) is 4.01. The van der Waals surface area contributed by atoms with Gasteiger partial charge < -0.3 is 14.8 Å². The normalized spacial score (nSPS) is 11.3. The van der Waals surface area contributed by atoms with E-state index in [0.717, 1.165) is 22.4 Å². The molecule has 0 aliphatic heterocycles. The van der Waals surface area contributed by atoms with E-state index in [1.54, 1.807) is 24.7 Å². The second-order valence-corrected chi connectivity index (χ2v) is 6.45. The molecule has 0 spiro atoms. The highest BCUT2D eigenvalue weighted by molar-refractivity contribution is 5.97. The molecule has 0 amide bonds. The van der Waals surface area contributed by atoms with Crippen LogP contribution in [-0.4, -0.2) is 33.0 Å². The quantitative estimate of drug-likeness (QED) is 0.319. The summed E-state index contributed by atoms with van der Waals surface area (Å²) in [5, 5.41) is 12.9. The van der Waals surface area contributed by atoms with Gasteiger partial charge in [-0.2, -0.15) is 0 Å². The van der Waals surface area contributed by atoms with Gasteiger partial charge in [-0.25, -0.2) is 4.98 Å². The number of hydrogen-bond acceptors (Lipinski definition) is 5. The van der Waals surface area contributed by atoms with E-state index >= 15 is 0 Å². The van der Waals surface area contributed by atoms with E-state index in [0.29, 0.717) is 23.8 Å². The molecule has 0 saturated carbocycles. The third-order valence-corrected chi connectivity index (χ3v) is 4.01. The largest absolute Gasteiger partial charge is 0.439 e. The van der Waals surface area contributed by atoms with E-state index in [4.69, 9.17) is 4.74 Å². The Morgan fingerprint density at radius 2 is 1.89 bits per heavy atom. The summed E-state index contributed by atoms with van der Waals surface area (Å²) < 4.78 is 5.83. The average Bonchev–Trinajstić information content (AvgIpc) is 2.64. The molecular formula is C21H22N4O2. The Morgan fingerprint density at radius 3 is 2.48 bits per heavy atom. The summed E-state index contributed by atoms with van der Waals surface area (Å²) in [5.41, 5.74) is 3.97. The maximum Gasteiger partial charge on any atom is 0.219 e. The van der Waals surface area contributed by atoms with Crippen LogP contribution in [-0.2, 0) is 6.54 Å². The molecule has 2 heterocycles. The zero-order valence-corrected chi connectivity index (χ0v) is 15.6. The van der Waals surface area contributed by atoms with Crippen LogP contribution in [0.2, 0.25) is 0 Å². The molecular weight excluding hydrogens is 340 g/mol. The van der Waals surface area contributed by atoms with Crippen molar-refractivity contribution in [2.24, 2.45) is 5.16 Å². The lowest BCUT2D eigenvalue weighted by Crippen LogP contribution is -2.27. The third kappa shape index (κ3) is 4.82. The second kappa shape index (κ2) is 8.31. The molecule has 0 fully saturated rings. The standard InChI is InChI=1S/C21H22N4O2/c1-15-9-16(2)11-19(10-15)27-20-7-6-18(13-23-20)21(24-26)25(3)14-17-5-4-8-22-12-17/h4-13,26H,14H2,1-3H3/b24-21-. The van der Waals surface area contributed by atoms with Gasteiger partial charge in [-0.15, -0.1) is 0 Å². The second-order valence-electron chi connectivity index (χ2n) is 6.45. The smallest absolute Gasteiger partial charge is 0.219 e. The van der Waals surface area contributed by atoms with E-state index in [2.05, 4.69) is 21.2 Å². The number of pyridine rings is 2. The summed E-state index contributed by atoms with van der Waals surface area (Å²) in [4.78, 5) is 10.3. The van der Waals surface area contributed by atoms with E-state index in [-0.39, 0.29) is 0 Å². The van der Waals surface area contributed by atoms with Crippen molar-refractivity contribution in [3.8, 4) is 11.6 Å². The van der Waals surface area contributed by atoms with Crippen LogP contribution in [0.1, 0.15) is 22.3 Å². The Kier molecular flexibility index (Phi) is 5.66. The van der Waals surface area contributed by atoms with Gasteiger partial charge in [0.25, 0.3) is 0 Å². The molecule has 6 nitrogen and oxygen atoms in total. The van der Waals surface area contributed by atoms with Crippen LogP contribution >= 0.6 is 0 Å². The van der Waals surface area contributed by atoms with Crippen molar-refractivity contribution in [3.63, 3.8) is 0 Å². The molecule has 0 unspecified atom stereocenters. The molecule has 3 rings (SSSR count). The van der Waals surface area contributed by atoms with Crippen LogP contribution < -0.4 is 4.74 Å². The van der Waals surface area contributed by atoms with E-state index in [1.165, 1.54) is 0 Å². The maximum absolute atomic E-state index is 9.47. The summed E-state index contributed by atoms with van der Waals surface area (Å²) in [6.45, 7) is 4.62. The summed E-state index contributed by atoms with van der Waals surface area (Å²) in [6.07, 6.45) is 5.14. The highest BCUT2D eigenvalue weighted by Crippen LogP contribution is 2.22. The number of aromatic nitrogens is 2. The first kappa shape index (κ1) is 18.4. The Balaban J connectivity index is 1.73. The van der Waals surface area contributed by atoms with Gasteiger partial charge in [0.05, 0.1) is 0 Å². The number of nitrogens with zero attached hydrogens (tertiary/aromatic N) is 4. The van der Waals surface area contributed by atoms with Gasteiger partial charge in [0.15, 0.2) is 5.84 Å². The molecule has 1 N–H and O–H groups in total. The van der Waals surface area contributed by atoms with Crippen LogP contribution in [0.25, 0.3) is 0 Å². The van der Waals surface area contributed by atoms with E-state index < -0.39 is 0 Å². The minimum atomic E-state index is 0.421. The van der Waals surface area contributed by atoms with Crippen molar-refractivity contribution in [2.45, 2.75) is 20.4 Å². The lowest BCUT2D eigenvalue weighted by molar-refractivity contribution is 0.306. The molecule has 0 bridgehead atoms. The first-order chi connectivity index (χ1) is 13.0. The summed E-state index contributed by atoms with van der Waals surface area (Å²) in [6, 6.07) is 13.4. The monoisotopic (exact) mass is 362 g/mol. The molecule has 6 heteroatoms. The lowest BCUT2D eigenvalue weighted by Gasteiger charge is -2.20. The highest BCUT2D eigenvalue weighted by atomic mass is 16.5. The SMILES string of the molecule is Cc1cc(C)cc(Oc2ccc(/C(=N/O)N(C)Cc3cccnc3)cn2)c1. The average molecular weight is 362 g/mol. The number of ether oxygens (including phenoxy) is 1. The summed E-state index contributed by atoms with van der Waals surface area (Å²) >= 11 is 0. The molecule has 0 atom stereocenters. The van der Waals surface area contributed by atoms with Crippen molar-refractivity contribution < 1.29 is 9.94 Å². The summed E-state index contributed by atoms with van der Waals surface area (Å²) in [5.74, 6) is 1.65. The first-order valence-electron chi connectivity index (χ1n) is 8.60. The fourth-order valence-corrected chi connectivity index (χ4v) is 2.88. The molecule has 3 aromatic rings. The fourth-order valence-electron chi connectivity index (χ4n) is 2.88. The van der Waals surface area contributed by atoms with E-state index in [9.17, 15) is 5.21 Å². The Morgan fingerprint density at radius 1 is 1.11 bits per heavy atom. The maximum atomic E-state index is 9.47. The van der Waals surface area contributed by atoms with Gasteiger partial charge in [0.2, 0.25) is 5.88 Å². The van der Waals surface area contributed by atoms with Gasteiger partial charge in [-0.1, -0.05) is 17.3 Å². The number of benzene rings is 1. The Hall–Kier alpha value is -3.41. The number of oxime groups is 1. The Labute approximate surface area is 158 Å². The Bertz CT molecular complexity index is 904. The number of hydrogen-bond donors (Lipinski definition) is 1. The molecule has 0 radical (unpaired) electrons. The predicted molar refractivity (Wildman–Crippen MR) is 104 cm³/mol. The van der Waals surface area contributed by atoms with Crippen molar-refractivity contribution >= 4 is 5.84 Å².